The van der Waals surface area contributed by atoms with E-state index in [0.717, 1.165) is 0 Å². The molecule has 110 valence electrons. The topological polar surface area (TPSA) is 60.5 Å². The van der Waals surface area contributed by atoms with Gasteiger partial charge in [-0.25, -0.2) is 4.98 Å². The van der Waals surface area contributed by atoms with E-state index in [9.17, 15) is 4.79 Å². The van der Waals surface area contributed by atoms with Gasteiger partial charge in [0.15, 0.2) is 0 Å². The van der Waals surface area contributed by atoms with E-state index in [-0.39, 0.29) is 5.91 Å². The Labute approximate surface area is 123 Å². The highest BCUT2D eigenvalue weighted by atomic mass is 16.5. The van der Waals surface area contributed by atoms with Crippen LogP contribution >= 0.6 is 0 Å². The highest BCUT2D eigenvalue weighted by molar-refractivity contribution is 6.05. The Balaban J connectivity index is 2.22. The number of nitrogens with zero attached hydrogens (tertiary/aromatic N) is 1. The lowest BCUT2D eigenvalue weighted by molar-refractivity contribution is 0.102. The average molecular weight is 286 g/mol. The van der Waals surface area contributed by atoms with E-state index in [2.05, 4.69) is 10.3 Å². The molecule has 5 heteroatoms. The van der Waals surface area contributed by atoms with E-state index in [1.165, 1.54) is 0 Å². The predicted molar refractivity (Wildman–Crippen MR) is 81.0 cm³/mol. The fraction of sp³-hybridized carbons (Fsp3) is 0.250. The number of benzene rings is 1. The highest BCUT2D eigenvalue weighted by Crippen LogP contribution is 2.25. The van der Waals surface area contributed by atoms with Crippen LogP contribution in [-0.2, 0) is 0 Å². The Kier molecular flexibility index (Phi) is 5.15. The van der Waals surface area contributed by atoms with Gasteiger partial charge in [0.25, 0.3) is 5.91 Å². The fourth-order valence-electron chi connectivity index (χ4n) is 1.84. The molecule has 0 atom stereocenters. The van der Waals surface area contributed by atoms with Crippen molar-refractivity contribution in [2.45, 2.75) is 13.8 Å². The van der Waals surface area contributed by atoms with Crippen molar-refractivity contribution in [2.75, 3.05) is 18.5 Å². The van der Waals surface area contributed by atoms with Gasteiger partial charge in [-0.1, -0.05) is 6.07 Å². The quantitative estimate of drug-likeness (QED) is 0.886. The van der Waals surface area contributed by atoms with Crippen LogP contribution in [0.4, 0.5) is 5.82 Å². The molecule has 1 aromatic carbocycles. The van der Waals surface area contributed by atoms with Gasteiger partial charge in [-0.05, 0) is 38.1 Å². The van der Waals surface area contributed by atoms with Crippen LogP contribution < -0.4 is 14.8 Å². The molecule has 2 aromatic rings. The Morgan fingerprint density at radius 3 is 2.62 bits per heavy atom. The normalized spacial score (nSPS) is 10.0. The van der Waals surface area contributed by atoms with Gasteiger partial charge in [-0.3, -0.25) is 4.79 Å². The van der Waals surface area contributed by atoms with Crippen LogP contribution in [0.25, 0.3) is 0 Å². The summed E-state index contributed by atoms with van der Waals surface area (Å²) >= 11 is 0. The predicted octanol–water partition coefficient (Wildman–Crippen LogP) is 3.13. The lowest BCUT2D eigenvalue weighted by Crippen LogP contribution is -2.14. The Hall–Kier alpha value is -2.56. The lowest BCUT2D eigenvalue weighted by atomic mass is 10.1. The number of carbonyl (C=O) groups excluding carboxylic acids is 1. The second kappa shape index (κ2) is 7.28. The number of nitrogens with one attached hydrogen (secondary N) is 1. The molecule has 2 rings (SSSR count). The molecular formula is C16H18N2O3. The van der Waals surface area contributed by atoms with Crippen molar-refractivity contribution in [2.24, 2.45) is 0 Å². The van der Waals surface area contributed by atoms with Crippen LogP contribution in [0.5, 0.6) is 11.5 Å². The maximum absolute atomic E-state index is 12.3. The molecule has 0 fully saturated rings. The van der Waals surface area contributed by atoms with Crippen molar-refractivity contribution in [1.82, 2.24) is 4.98 Å². The third-order valence-electron chi connectivity index (χ3n) is 2.72. The van der Waals surface area contributed by atoms with Gasteiger partial charge in [-0.15, -0.1) is 0 Å². The number of anilines is 1. The van der Waals surface area contributed by atoms with Gasteiger partial charge in [0.2, 0.25) is 0 Å². The zero-order chi connectivity index (χ0) is 15.1. The lowest BCUT2D eigenvalue weighted by Gasteiger charge is -2.12. The molecule has 5 nitrogen and oxygen atoms in total. The number of amides is 1. The van der Waals surface area contributed by atoms with Crippen LogP contribution in [0.3, 0.4) is 0 Å². The van der Waals surface area contributed by atoms with Gasteiger partial charge >= 0.3 is 0 Å². The molecule has 1 amide bonds. The first-order valence-corrected chi connectivity index (χ1v) is 6.86. The van der Waals surface area contributed by atoms with Gasteiger partial charge in [0.1, 0.15) is 17.3 Å². The van der Waals surface area contributed by atoms with Crippen molar-refractivity contribution in [1.29, 1.82) is 0 Å². The van der Waals surface area contributed by atoms with E-state index in [4.69, 9.17) is 9.47 Å². The minimum Gasteiger partial charge on any atom is -0.494 e. The monoisotopic (exact) mass is 286 g/mol. The molecule has 0 radical (unpaired) electrons. The van der Waals surface area contributed by atoms with E-state index < -0.39 is 0 Å². The molecule has 0 bridgehead atoms. The number of aromatic nitrogens is 1. The third-order valence-corrected chi connectivity index (χ3v) is 2.72. The molecule has 0 unspecified atom stereocenters. The maximum Gasteiger partial charge on any atom is 0.260 e. The molecule has 21 heavy (non-hydrogen) atoms. The number of ether oxygens (including phenoxy) is 2. The Bertz CT molecular complexity index is 600. The summed E-state index contributed by atoms with van der Waals surface area (Å²) in [6.45, 7) is 4.81. The van der Waals surface area contributed by atoms with E-state index in [1.54, 1.807) is 36.5 Å². The second-order valence-electron chi connectivity index (χ2n) is 4.19. The highest BCUT2D eigenvalue weighted by Gasteiger charge is 2.14. The zero-order valence-electron chi connectivity index (χ0n) is 12.1. The summed E-state index contributed by atoms with van der Waals surface area (Å²) in [6, 6.07) is 10.5. The number of rotatable bonds is 6. The van der Waals surface area contributed by atoms with Crippen LogP contribution in [0, 0.1) is 0 Å². The molecule has 0 saturated heterocycles. The van der Waals surface area contributed by atoms with Crippen LogP contribution in [-0.4, -0.2) is 24.1 Å². The standard InChI is InChI=1S/C16H18N2O3/c1-3-20-12-8-9-13(14(11-12)21-4-2)16(19)18-15-7-5-6-10-17-15/h5-11H,3-4H2,1-2H3,(H,17,18,19). The molecule has 0 aliphatic carbocycles. The van der Waals surface area contributed by atoms with Gasteiger partial charge in [0.05, 0.1) is 18.8 Å². The minimum atomic E-state index is -0.264. The molecule has 1 N–H and O–H groups in total. The minimum absolute atomic E-state index is 0.264. The number of pyridine rings is 1. The summed E-state index contributed by atoms with van der Waals surface area (Å²) in [4.78, 5) is 16.4. The van der Waals surface area contributed by atoms with Crippen LogP contribution in [0.1, 0.15) is 24.2 Å². The average Bonchev–Trinajstić information content (AvgIpc) is 2.49. The fourth-order valence-corrected chi connectivity index (χ4v) is 1.84. The first kappa shape index (κ1) is 14.8. The summed E-state index contributed by atoms with van der Waals surface area (Å²) in [7, 11) is 0. The number of hydrogen-bond donors (Lipinski definition) is 1. The van der Waals surface area contributed by atoms with Gasteiger partial charge in [0, 0.05) is 12.3 Å². The third kappa shape index (κ3) is 3.95. The van der Waals surface area contributed by atoms with Crippen molar-refractivity contribution < 1.29 is 14.3 Å². The summed E-state index contributed by atoms with van der Waals surface area (Å²) in [5.74, 6) is 1.41. The molecule has 1 heterocycles. The first-order valence-electron chi connectivity index (χ1n) is 6.86. The van der Waals surface area contributed by atoms with Crippen molar-refractivity contribution in [3.05, 3.63) is 48.2 Å². The molecule has 0 aliphatic heterocycles. The summed E-state index contributed by atoms with van der Waals surface area (Å²) in [6.07, 6.45) is 1.62. The first-order chi connectivity index (χ1) is 10.2. The second-order valence-corrected chi connectivity index (χ2v) is 4.19. The Morgan fingerprint density at radius 2 is 1.95 bits per heavy atom. The molecular weight excluding hydrogens is 268 g/mol. The molecule has 0 saturated carbocycles. The molecule has 0 aliphatic rings. The maximum atomic E-state index is 12.3. The van der Waals surface area contributed by atoms with E-state index in [0.29, 0.717) is 36.1 Å². The number of hydrogen-bond acceptors (Lipinski definition) is 4. The summed E-state index contributed by atoms with van der Waals surface area (Å²) < 4.78 is 10.9. The van der Waals surface area contributed by atoms with Crippen molar-refractivity contribution in [3.63, 3.8) is 0 Å². The SMILES string of the molecule is CCOc1ccc(C(=O)Nc2ccccn2)c(OCC)c1. The summed E-state index contributed by atoms with van der Waals surface area (Å²) in [5, 5.41) is 2.74. The van der Waals surface area contributed by atoms with Crippen LogP contribution in [0.15, 0.2) is 42.6 Å². The zero-order valence-corrected chi connectivity index (χ0v) is 12.1. The number of carbonyl (C=O) groups is 1. The van der Waals surface area contributed by atoms with Crippen molar-refractivity contribution >= 4 is 11.7 Å². The smallest absolute Gasteiger partial charge is 0.260 e. The van der Waals surface area contributed by atoms with Crippen LogP contribution in [0.2, 0.25) is 0 Å². The van der Waals surface area contributed by atoms with E-state index >= 15 is 0 Å². The summed E-state index contributed by atoms with van der Waals surface area (Å²) in [5.41, 5.74) is 0.450. The van der Waals surface area contributed by atoms with E-state index in [1.807, 2.05) is 19.9 Å². The molecule has 1 aromatic heterocycles. The van der Waals surface area contributed by atoms with Crippen molar-refractivity contribution in [3.8, 4) is 11.5 Å². The molecule has 0 spiro atoms. The van der Waals surface area contributed by atoms with Gasteiger partial charge < -0.3 is 14.8 Å². The van der Waals surface area contributed by atoms with Gasteiger partial charge in [-0.2, -0.15) is 0 Å². The largest absolute Gasteiger partial charge is 0.494 e. The Morgan fingerprint density at radius 1 is 1.14 bits per heavy atom.